The van der Waals surface area contributed by atoms with Gasteiger partial charge in [0.1, 0.15) is 5.75 Å². The zero-order valence-corrected chi connectivity index (χ0v) is 12.1. The molecule has 20 heavy (non-hydrogen) atoms. The van der Waals surface area contributed by atoms with Crippen molar-refractivity contribution in [2.75, 3.05) is 12.8 Å². The Morgan fingerprint density at radius 2 is 2.20 bits per heavy atom. The monoisotopic (exact) mass is 277 g/mol. The average Bonchev–Trinajstić information content (AvgIpc) is 2.41. The van der Waals surface area contributed by atoms with E-state index < -0.39 is 11.9 Å². The molecule has 1 aromatic rings. The average molecular weight is 277 g/mol. The molecule has 4 heteroatoms. The molecule has 1 aliphatic carbocycles. The maximum Gasteiger partial charge on any atom is 0.311 e. The van der Waals surface area contributed by atoms with E-state index in [2.05, 4.69) is 6.92 Å². The van der Waals surface area contributed by atoms with E-state index in [-0.39, 0.29) is 5.92 Å². The van der Waals surface area contributed by atoms with E-state index in [9.17, 15) is 9.90 Å². The summed E-state index contributed by atoms with van der Waals surface area (Å²) < 4.78 is 5.20. The Morgan fingerprint density at radius 1 is 1.45 bits per heavy atom. The summed E-state index contributed by atoms with van der Waals surface area (Å²) in [6.07, 6.45) is 4.20. The van der Waals surface area contributed by atoms with Crippen molar-refractivity contribution < 1.29 is 14.6 Å². The lowest BCUT2D eigenvalue weighted by molar-refractivity contribution is -0.140. The molecule has 1 aliphatic rings. The molecule has 0 spiro atoms. The van der Waals surface area contributed by atoms with Crippen molar-refractivity contribution in [3.63, 3.8) is 0 Å². The van der Waals surface area contributed by atoms with Crippen molar-refractivity contribution in [1.29, 1.82) is 0 Å². The maximum absolute atomic E-state index is 11.8. The van der Waals surface area contributed by atoms with Gasteiger partial charge in [-0.1, -0.05) is 19.8 Å². The van der Waals surface area contributed by atoms with Gasteiger partial charge in [0.15, 0.2) is 0 Å². The predicted molar refractivity (Wildman–Crippen MR) is 78.9 cm³/mol. The van der Waals surface area contributed by atoms with Crippen LogP contribution in [0.25, 0.3) is 0 Å². The van der Waals surface area contributed by atoms with Crippen molar-refractivity contribution in [2.24, 2.45) is 11.8 Å². The topological polar surface area (TPSA) is 72.5 Å². The third kappa shape index (κ3) is 3.06. The van der Waals surface area contributed by atoms with Crippen molar-refractivity contribution in [1.82, 2.24) is 0 Å². The molecule has 0 heterocycles. The Bertz CT molecular complexity index is 487. The Hall–Kier alpha value is -1.71. The quantitative estimate of drug-likeness (QED) is 0.828. The smallest absolute Gasteiger partial charge is 0.311 e. The van der Waals surface area contributed by atoms with Crippen LogP contribution in [-0.2, 0) is 4.79 Å². The summed E-state index contributed by atoms with van der Waals surface area (Å²) in [6, 6.07) is 5.27. The first kappa shape index (κ1) is 14.7. The van der Waals surface area contributed by atoms with Crippen LogP contribution in [0.2, 0.25) is 0 Å². The van der Waals surface area contributed by atoms with Crippen LogP contribution in [0.5, 0.6) is 5.75 Å². The number of nitrogens with two attached hydrogens (primary N) is 1. The van der Waals surface area contributed by atoms with Gasteiger partial charge in [-0.25, -0.2) is 0 Å². The summed E-state index contributed by atoms with van der Waals surface area (Å²) in [6.45, 7) is 2.19. The molecule has 3 atom stereocenters. The highest BCUT2D eigenvalue weighted by Gasteiger charge is 2.34. The van der Waals surface area contributed by atoms with Crippen LogP contribution in [0.3, 0.4) is 0 Å². The number of nitrogen functional groups attached to an aromatic ring is 1. The summed E-state index contributed by atoms with van der Waals surface area (Å²) in [5, 5.41) is 9.66. The molecule has 1 aromatic carbocycles. The second kappa shape index (κ2) is 6.16. The largest absolute Gasteiger partial charge is 0.497 e. The van der Waals surface area contributed by atoms with E-state index in [0.717, 1.165) is 19.3 Å². The van der Waals surface area contributed by atoms with Crippen LogP contribution in [0.4, 0.5) is 5.69 Å². The lowest BCUT2D eigenvalue weighted by Crippen LogP contribution is -2.26. The second-order valence-corrected chi connectivity index (χ2v) is 5.84. The van der Waals surface area contributed by atoms with Gasteiger partial charge in [-0.15, -0.1) is 0 Å². The summed E-state index contributed by atoms with van der Waals surface area (Å²) in [7, 11) is 1.58. The number of aliphatic carboxylic acids is 1. The molecular weight excluding hydrogens is 254 g/mol. The van der Waals surface area contributed by atoms with Crippen LogP contribution < -0.4 is 10.5 Å². The van der Waals surface area contributed by atoms with Gasteiger partial charge < -0.3 is 15.6 Å². The van der Waals surface area contributed by atoms with E-state index in [0.29, 0.717) is 22.9 Å². The van der Waals surface area contributed by atoms with Gasteiger partial charge >= 0.3 is 5.97 Å². The molecule has 0 radical (unpaired) electrons. The molecule has 3 unspecified atom stereocenters. The lowest BCUT2D eigenvalue weighted by atomic mass is 9.73. The SMILES string of the molecule is COc1ccc(N)c(C(C(=O)O)C2CCCC(C)C2)c1. The standard InChI is InChI=1S/C16H23NO3/c1-10-4-3-5-11(8-10)15(16(18)19)13-9-12(20-2)6-7-14(13)17/h6-7,9-11,15H,3-5,8,17H2,1-2H3,(H,18,19). The Balaban J connectivity index is 2.35. The molecule has 3 N–H and O–H groups in total. The number of carbonyl (C=O) groups is 1. The molecule has 2 rings (SSSR count). The fourth-order valence-corrected chi connectivity index (χ4v) is 3.32. The number of anilines is 1. The fourth-order valence-electron chi connectivity index (χ4n) is 3.32. The van der Waals surface area contributed by atoms with Crippen LogP contribution in [0.15, 0.2) is 18.2 Å². The number of methoxy groups -OCH3 is 1. The maximum atomic E-state index is 11.8. The first-order valence-electron chi connectivity index (χ1n) is 7.19. The number of carboxylic acid groups (broad SMARTS) is 1. The number of carboxylic acids is 1. The van der Waals surface area contributed by atoms with Gasteiger partial charge in [-0.3, -0.25) is 4.79 Å². The molecule has 0 aromatic heterocycles. The van der Waals surface area contributed by atoms with Crippen LogP contribution in [0, 0.1) is 11.8 Å². The molecule has 0 amide bonds. The van der Waals surface area contributed by atoms with Gasteiger partial charge in [-0.05, 0) is 48.4 Å². The van der Waals surface area contributed by atoms with E-state index in [1.54, 1.807) is 25.3 Å². The van der Waals surface area contributed by atoms with Crippen LogP contribution in [0.1, 0.15) is 44.1 Å². The highest BCUT2D eigenvalue weighted by Crippen LogP contribution is 2.41. The van der Waals surface area contributed by atoms with E-state index in [1.807, 2.05) is 0 Å². The minimum absolute atomic E-state index is 0.158. The fraction of sp³-hybridized carbons (Fsp3) is 0.562. The third-order valence-electron chi connectivity index (χ3n) is 4.34. The molecule has 0 aliphatic heterocycles. The van der Waals surface area contributed by atoms with Gasteiger partial charge in [0, 0.05) is 5.69 Å². The summed E-state index contributed by atoms with van der Waals surface area (Å²) >= 11 is 0. The van der Waals surface area contributed by atoms with E-state index >= 15 is 0 Å². The highest BCUT2D eigenvalue weighted by atomic mass is 16.5. The Kier molecular flexibility index (Phi) is 4.53. The summed E-state index contributed by atoms with van der Waals surface area (Å²) in [4.78, 5) is 11.8. The zero-order chi connectivity index (χ0) is 14.7. The highest BCUT2D eigenvalue weighted by molar-refractivity contribution is 5.79. The predicted octanol–water partition coefficient (Wildman–Crippen LogP) is 3.27. The van der Waals surface area contributed by atoms with Crippen LogP contribution in [-0.4, -0.2) is 18.2 Å². The normalized spacial score (nSPS) is 24.1. The molecule has 0 saturated heterocycles. The first-order valence-corrected chi connectivity index (χ1v) is 7.19. The summed E-state index contributed by atoms with van der Waals surface area (Å²) in [5.41, 5.74) is 7.23. The Morgan fingerprint density at radius 3 is 2.80 bits per heavy atom. The number of ether oxygens (including phenoxy) is 1. The number of rotatable bonds is 4. The van der Waals surface area contributed by atoms with Gasteiger partial charge in [0.05, 0.1) is 13.0 Å². The third-order valence-corrected chi connectivity index (χ3v) is 4.34. The number of hydrogen-bond acceptors (Lipinski definition) is 3. The number of hydrogen-bond donors (Lipinski definition) is 2. The zero-order valence-electron chi connectivity index (χ0n) is 12.1. The second-order valence-electron chi connectivity index (χ2n) is 5.84. The van der Waals surface area contributed by atoms with Crippen molar-refractivity contribution in [3.8, 4) is 5.75 Å². The van der Waals surface area contributed by atoms with Crippen molar-refractivity contribution >= 4 is 11.7 Å². The molecule has 1 saturated carbocycles. The Labute approximate surface area is 119 Å². The molecular formula is C16H23NO3. The summed E-state index contributed by atoms with van der Waals surface area (Å²) in [5.74, 6) is 0.0781. The van der Waals surface area contributed by atoms with Gasteiger partial charge in [0.25, 0.3) is 0 Å². The lowest BCUT2D eigenvalue weighted by Gasteiger charge is -2.32. The molecule has 110 valence electrons. The minimum Gasteiger partial charge on any atom is -0.497 e. The van der Waals surface area contributed by atoms with Crippen molar-refractivity contribution in [2.45, 2.75) is 38.5 Å². The van der Waals surface area contributed by atoms with Crippen molar-refractivity contribution in [3.05, 3.63) is 23.8 Å². The van der Waals surface area contributed by atoms with Crippen LogP contribution >= 0.6 is 0 Å². The molecule has 1 fully saturated rings. The van der Waals surface area contributed by atoms with Gasteiger partial charge in [-0.2, -0.15) is 0 Å². The van der Waals surface area contributed by atoms with E-state index in [1.165, 1.54) is 6.42 Å². The van der Waals surface area contributed by atoms with Gasteiger partial charge in [0.2, 0.25) is 0 Å². The first-order chi connectivity index (χ1) is 9.52. The molecule has 4 nitrogen and oxygen atoms in total. The minimum atomic E-state index is -0.788. The van der Waals surface area contributed by atoms with E-state index in [4.69, 9.17) is 10.5 Å². The number of benzene rings is 1. The molecule has 0 bridgehead atoms.